The smallest absolute Gasteiger partial charge is 0.302 e. The quantitative estimate of drug-likeness (QED) is 0.363. The first-order valence-corrected chi connectivity index (χ1v) is 9.53. The SMILES string of the molecule is C=CCn1c(O)c(N=NC(=O)COc2ccc(Cl)c(C)c2)c2cc(Br)ccc21. The van der Waals surface area contributed by atoms with Gasteiger partial charge in [0.05, 0.1) is 5.52 Å². The van der Waals surface area contributed by atoms with Crippen molar-refractivity contribution in [1.82, 2.24) is 4.57 Å². The Morgan fingerprint density at radius 2 is 2.14 bits per heavy atom. The van der Waals surface area contributed by atoms with Gasteiger partial charge in [-0.2, -0.15) is 0 Å². The van der Waals surface area contributed by atoms with Crippen LogP contribution in [0.25, 0.3) is 10.9 Å². The van der Waals surface area contributed by atoms with Gasteiger partial charge in [-0.05, 0) is 48.9 Å². The molecule has 0 unspecified atom stereocenters. The van der Waals surface area contributed by atoms with Crippen molar-refractivity contribution in [2.75, 3.05) is 6.61 Å². The van der Waals surface area contributed by atoms with Crippen molar-refractivity contribution in [1.29, 1.82) is 0 Å². The van der Waals surface area contributed by atoms with Gasteiger partial charge in [0.1, 0.15) is 5.75 Å². The number of ether oxygens (including phenoxy) is 1. The zero-order valence-corrected chi connectivity index (χ0v) is 17.4. The number of aromatic hydroxyl groups is 1. The number of aryl methyl sites for hydroxylation is 1. The predicted octanol–water partition coefficient (Wildman–Crippen LogP) is 5.95. The molecule has 1 heterocycles. The minimum Gasteiger partial charge on any atom is -0.493 e. The van der Waals surface area contributed by atoms with Crippen LogP contribution < -0.4 is 4.74 Å². The predicted molar refractivity (Wildman–Crippen MR) is 113 cm³/mol. The lowest BCUT2D eigenvalue weighted by Gasteiger charge is -2.05. The van der Waals surface area contributed by atoms with Crippen LogP contribution in [0, 0.1) is 6.92 Å². The highest BCUT2D eigenvalue weighted by Crippen LogP contribution is 2.40. The third kappa shape index (κ3) is 4.26. The standard InChI is InChI=1S/C20H17BrClN3O3/c1-3-8-25-17-7-4-13(21)10-15(17)19(20(25)27)24-23-18(26)11-28-14-5-6-16(22)12(2)9-14/h3-7,9-10,27H,1,8,11H2,2H3. The van der Waals surface area contributed by atoms with Gasteiger partial charge in [-0.25, -0.2) is 0 Å². The highest BCUT2D eigenvalue weighted by atomic mass is 79.9. The molecule has 0 saturated heterocycles. The van der Waals surface area contributed by atoms with Crippen LogP contribution in [0.4, 0.5) is 5.69 Å². The van der Waals surface area contributed by atoms with Crippen LogP contribution in [0.15, 0.2) is 63.8 Å². The Morgan fingerprint density at radius 1 is 1.36 bits per heavy atom. The number of hydrogen-bond donors (Lipinski definition) is 1. The van der Waals surface area contributed by atoms with E-state index in [1.165, 1.54) is 0 Å². The summed E-state index contributed by atoms with van der Waals surface area (Å²) in [6.45, 7) is 5.66. The molecule has 1 amide bonds. The summed E-state index contributed by atoms with van der Waals surface area (Å²) in [7, 11) is 0. The fourth-order valence-corrected chi connectivity index (χ4v) is 3.17. The summed E-state index contributed by atoms with van der Waals surface area (Å²) in [6, 6.07) is 10.6. The van der Waals surface area contributed by atoms with Gasteiger partial charge >= 0.3 is 5.91 Å². The third-order valence-electron chi connectivity index (χ3n) is 4.04. The molecule has 0 saturated carbocycles. The second-order valence-corrected chi connectivity index (χ2v) is 7.35. The van der Waals surface area contributed by atoms with E-state index in [9.17, 15) is 9.90 Å². The molecule has 144 valence electrons. The molecule has 1 N–H and O–H groups in total. The van der Waals surface area contributed by atoms with E-state index in [0.29, 0.717) is 22.7 Å². The van der Waals surface area contributed by atoms with Gasteiger partial charge < -0.3 is 14.4 Å². The van der Waals surface area contributed by atoms with Crippen LogP contribution >= 0.6 is 27.5 Å². The monoisotopic (exact) mass is 461 g/mol. The van der Waals surface area contributed by atoms with Gasteiger partial charge in [0, 0.05) is 21.4 Å². The molecule has 0 aliphatic carbocycles. The number of rotatable bonds is 6. The summed E-state index contributed by atoms with van der Waals surface area (Å²) < 4.78 is 7.88. The Labute approximate surface area is 175 Å². The van der Waals surface area contributed by atoms with E-state index in [1.54, 1.807) is 34.9 Å². The molecular weight excluding hydrogens is 446 g/mol. The van der Waals surface area contributed by atoms with Gasteiger partial charge in [-0.15, -0.1) is 16.8 Å². The fraction of sp³-hybridized carbons (Fsp3) is 0.150. The zero-order chi connectivity index (χ0) is 20.3. The number of carbonyl (C=O) groups is 1. The maximum atomic E-state index is 12.1. The summed E-state index contributed by atoms with van der Waals surface area (Å²) in [5.74, 6) is -0.148. The Bertz CT molecular complexity index is 1090. The molecule has 3 rings (SSSR count). The minimum atomic E-state index is -0.577. The average Bonchev–Trinajstić information content (AvgIpc) is 2.92. The van der Waals surface area contributed by atoms with E-state index >= 15 is 0 Å². The van der Waals surface area contributed by atoms with Crippen molar-refractivity contribution in [3.63, 3.8) is 0 Å². The number of carbonyl (C=O) groups excluding carboxylic acids is 1. The molecule has 0 aliphatic heterocycles. The fourth-order valence-electron chi connectivity index (χ4n) is 2.69. The minimum absolute atomic E-state index is 0.0844. The molecule has 0 bridgehead atoms. The van der Waals surface area contributed by atoms with E-state index < -0.39 is 5.91 Å². The van der Waals surface area contributed by atoms with Gasteiger partial charge in [0.2, 0.25) is 5.88 Å². The van der Waals surface area contributed by atoms with Crippen LogP contribution in [0.5, 0.6) is 11.6 Å². The summed E-state index contributed by atoms with van der Waals surface area (Å²) in [4.78, 5) is 12.1. The molecular formula is C20H17BrClN3O3. The molecule has 0 radical (unpaired) electrons. The van der Waals surface area contributed by atoms with Crippen molar-refractivity contribution in [2.24, 2.45) is 10.2 Å². The maximum absolute atomic E-state index is 12.1. The molecule has 2 aromatic carbocycles. The largest absolute Gasteiger partial charge is 0.493 e. The van der Waals surface area contributed by atoms with Crippen molar-refractivity contribution >= 4 is 50.0 Å². The number of azo groups is 1. The second-order valence-electron chi connectivity index (χ2n) is 6.03. The van der Waals surface area contributed by atoms with Crippen molar-refractivity contribution < 1.29 is 14.6 Å². The van der Waals surface area contributed by atoms with Gasteiger partial charge in [-0.1, -0.05) is 33.6 Å². The molecule has 6 nitrogen and oxygen atoms in total. The summed E-state index contributed by atoms with van der Waals surface area (Å²) in [6.07, 6.45) is 1.66. The van der Waals surface area contributed by atoms with Crippen molar-refractivity contribution in [2.45, 2.75) is 13.5 Å². The topological polar surface area (TPSA) is 76.2 Å². The first-order valence-electron chi connectivity index (χ1n) is 8.36. The lowest BCUT2D eigenvalue weighted by atomic mass is 10.2. The van der Waals surface area contributed by atoms with Gasteiger partial charge in [0.15, 0.2) is 12.3 Å². The highest BCUT2D eigenvalue weighted by molar-refractivity contribution is 9.10. The number of benzene rings is 2. The van der Waals surface area contributed by atoms with Crippen LogP contribution in [-0.4, -0.2) is 22.2 Å². The van der Waals surface area contributed by atoms with E-state index in [1.807, 2.05) is 19.1 Å². The summed E-state index contributed by atoms with van der Waals surface area (Å²) >= 11 is 9.37. The third-order valence-corrected chi connectivity index (χ3v) is 4.95. The number of nitrogens with zero attached hydrogens (tertiary/aromatic N) is 3. The van der Waals surface area contributed by atoms with E-state index in [2.05, 4.69) is 32.7 Å². The molecule has 28 heavy (non-hydrogen) atoms. The maximum Gasteiger partial charge on any atom is 0.302 e. The molecule has 0 spiro atoms. The Balaban J connectivity index is 1.81. The molecule has 0 atom stereocenters. The number of halogens is 2. The second kappa shape index (κ2) is 8.58. The molecule has 0 aliphatic rings. The van der Waals surface area contributed by atoms with E-state index in [-0.39, 0.29) is 18.2 Å². The number of amides is 1. The first kappa shape index (κ1) is 20.1. The van der Waals surface area contributed by atoms with E-state index in [0.717, 1.165) is 15.6 Å². The number of fused-ring (bicyclic) bond motifs is 1. The number of allylic oxidation sites excluding steroid dienone is 1. The van der Waals surface area contributed by atoms with Crippen LogP contribution in [-0.2, 0) is 11.3 Å². The van der Waals surface area contributed by atoms with Crippen molar-refractivity contribution in [3.05, 3.63) is 64.1 Å². The lowest BCUT2D eigenvalue weighted by molar-refractivity contribution is -0.120. The normalized spacial score (nSPS) is 11.2. The Morgan fingerprint density at radius 3 is 2.86 bits per heavy atom. The van der Waals surface area contributed by atoms with Crippen molar-refractivity contribution in [3.8, 4) is 11.6 Å². The van der Waals surface area contributed by atoms with Gasteiger partial charge in [0.25, 0.3) is 0 Å². The Hall–Kier alpha value is -2.64. The van der Waals surface area contributed by atoms with Gasteiger partial charge in [-0.3, -0.25) is 4.79 Å². The Kier molecular flexibility index (Phi) is 6.16. The molecule has 1 aromatic heterocycles. The van der Waals surface area contributed by atoms with E-state index in [4.69, 9.17) is 16.3 Å². The van der Waals surface area contributed by atoms with Crippen LogP contribution in [0.3, 0.4) is 0 Å². The van der Waals surface area contributed by atoms with Crippen LogP contribution in [0.1, 0.15) is 5.56 Å². The first-order chi connectivity index (χ1) is 13.4. The number of aromatic nitrogens is 1. The zero-order valence-electron chi connectivity index (χ0n) is 15.0. The number of hydrogen-bond acceptors (Lipinski definition) is 4. The molecule has 8 heteroatoms. The summed E-state index contributed by atoms with van der Waals surface area (Å²) in [5.41, 5.74) is 1.82. The average molecular weight is 463 g/mol. The molecule has 3 aromatic rings. The lowest BCUT2D eigenvalue weighted by Crippen LogP contribution is -2.07. The van der Waals surface area contributed by atoms with Crippen LogP contribution in [0.2, 0.25) is 5.02 Å². The highest BCUT2D eigenvalue weighted by Gasteiger charge is 2.16. The summed E-state index contributed by atoms with van der Waals surface area (Å²) in [5, 5.41) is 19.4. The molecule has 0 fully saturated rings.